The molecule has 1 atom stereocenters. The fraction of sp³-hybridized carbons (Fsp3) is 0.455. The largest absolute Gasteiger partial charge is 0.508 e. The molecule has 1 aromatic carbocycles. The van der Waals surface area contributed by atoms with Gasteiger partial charge in [-0.15, -0.1) is 12.4 Å². The molecule has 0 aliphatic heterocycles. The second kappa shape index (κ2) is 6.21. The molecule has 4 heteroatoms. The van der Waals surface area contributed by atoms with E-state index in [1.165, 1.54) is 0 Å². The van der Waals surface area contributed by atoms with Gasteiger partial charge in [-0.2, -0.15) is 0 Å². The van der Waals surface area contributed by atoms with Crippen LogP contribution < -0.4 is 5.73 Å². The third kappa shape index (κ3) is 4.29. The van der Waals surface area contributed by atoms with E-state index in [1.807, 2.05) is 0 Å². The van der Waals surface area contributed by atoms with Crippen molar-refractivity contribution in [2.45, 2.75) is 26.3 Å². The lowest BCUT2D eigenvalue weighted by Crippen LogP contribution is -2.13. The first-order chi connectivity index (χ1) is 6.50. The highest BCUT2D eigenvalue weighted by atomic mass is 35.5. The zero-order valence-corrected chi connectivity index (χ0v) is 10.5. The first-order valence-electron chi connectivity index (χ1n) is 4.74. The van der Waals surface area contributed by atoms with Gasteiger partial charge in [-0.1, -0.05) is 25.4 Å². The Morgan fingerprint density at radius 3 is 2.53 bits per heavy atom. The average Bonchev–Trinajstić information content (AvgIpc) is 2.08. The van der Waals surface area contributed by atoms with Gasteiger partial charge < -0.3 is 10.8 Å². The smallest absolute Gasteiger partial charge is 0.120 e. The summed E-state index contributed by atoms with van der Waals surface area (Å²) in [6, 6.07) is 4.82. The minimum atomic E-state index is -0.145. The molecular weight excluding hydrogens is 233 g/mol. The second-order valence-electron chi connectivity index (χ2n) is 3.94. The van der Waals surface area contributed by atoms with Crippen LogP contribution in [0.25, 0.3) is 0 Å². The van der Waals surface area contributed by atoms with Gasteiger partial charge in [0, 0.05) is 16.6 Å². The number of aromatic hydroxyl groups is 1. The molecule has 15 heavy (non-hydrogen) atoms. The Morgan fingerprint density at radius 2 is 2.00 bits per heavy atom. The molecule has 0 radical (unpaired) electrons. The molecule has 0 unspecified atom stereocenters. The Bertz CT molecular complexity index is 315. The molecule has 0 spiro atoms. The summed E-state index contributed by atoms with van der Waals surface area (Å²) in [4.78, 5) is 0. The molecule has 0 heterocycles. The predicted molar refractivity (Wildman–Crippen MR) is 66.7 cm³/mol. The highest BCUT2D eigenvalue weighted by molar-refractivity contribution is 6.30. The topological polar surface area (TPSA) is 46.2 Å². The quantitative estimate of drug-likeness (QED) is 0.862. The van der Waals surface area contributed by atoms with E-state index in [9.17, 15) is 5.11 Å². The summed E-state index contributed by atoms with van der Waals surface area (Å²) in [7, 11) is 0. The lowest BCUT2D eigenvalue weighted by molar-refractivity contribution is 0.445. The van der Waals surface area contributed by atoms with Crippen LogP contribution in [0.5, 0.6) is 5.75 Å². The highest BCUT2D eigenvalue weighted by Gasteiger charge is 2.12. The van der Waals surface area contributed by atoms with Gasteiger partial charge >= 0.3 is 0 Å². The van der Waals surface area contributed by atoms with Crippen LogP contribution in [-0.2, 0) is 0 Å². The van der Waals surface area contributed by atoms with E-state index >= 15 is 0 Å². The molecule has 0 aliphatic carbocycles. The summed E-state index contributed by atoms with van der Waals surface area (Å²) >= 11 is 5.83. The molecular formula is C11H17Cl2NO. The van der Waals surface area contributed by atoms with Gasteiger partial charge in [0.25, 0.3) is 0 Å². The van der Waals surface area contributed by atoms with Gasteiger partial charge in [-0.05, 0) is 30.5 Å². The van der Waals surface area contributed by atoms with E-state index in [-0.39, 0.29) is 24.2 Å². The van der Waals surface area contributed by atoms with Crippen LogP contribution in [0.4, 0.5) is 0 Å². The monoisotopic (exact) mass is 249 g/mol. The lowest BCUT2D eigenvalue weighted by Gasteiger charge is -2.15. The van der Waals surface area contributed by atoms with Crippen LogP contribution in [0.15, 0.2) is 18.2 Å². The normalized spacial score (nSPS) is 12.3. The van der Waals surface area contributed by atoms with Gasteiger partial charge in [-0.25, -0.2) is 0 Å². The average molecular weight is 250 g/mol. The fourth-order valence-corrected chi connectivity index (χ4v) is 1.64. The van der Waals surface area contributed by atoms with Crippen molar-refractivity contribution in [1.82, 2.24) is 0 Å². The predicted octanol–water partition coefficient (Wildman–Crippen LogP) is 3.51. The summed E-state index contributed by atoms with van der Waals surface area (Å²) in [6.45, 7) is 4.20. The highest BCUT2D eigenvalue weighted by Crippen LogP contribution is 2.29. The van der Waals surface area contributed by atoms with Crippen molar-refractivity contribution in [2.75, 3.05) is 0 Å². The van der Waals surface area contributed by atoms with Gasteiger partial charge in [0.1, 0.15) is 5.75 Å². The molecule has 0 amide bonds. The summed E-state index contributed by atoms with van der Waals surface area (Å²) < 4.78 is 0. The maximum absolute atomic E-state index is 9.58. The second-order valence-corrected chi connectivity index (χ2v) is 4.38. The zero-order chi connectivity index (χ0) is 10.7. The molecule has 86 valence electrons. The molecule has 0 bridgehead atoms. The van der Waals surface area contributed by atoms with E-state index < -0.39 is 0 Å². The van der Waals surface area contributed by atoms with Crippen LogP contribution >= 0.6 is 24.0 Å². The minimum Gasteiger partial charge on any atom is -0.508 e. The number of phenols is 1. The first kappa shape index (κ1) is 14.6. The van der Waals surface area contributed by atoms with E-state index in [4.69, 9.17) is 17.3 Å². The Balaban J connectivity index is 0.00000196. The van der Waals surface area contributed by atoms with Crippen molar-refractivity contribution in [3.05, 3.63) is 28.8 Å². The molecule has 1 rings (SSSR count). The van der Waals surface area contributed by atoms with Gasteiger partial charge in [0.05, 0.1) is 0 Å². The van der Waals surface area contributed by atoms with Crippen molar-refractivity contribution < 1.29 is 5.11 Å². The van der Waals surface area contributed by atoms with E-state index in [0.717, 1.165) is 12.0 Å². The van der Waals surface area contributed by atoms with Gasteiger partial charge in [0.2, 0.25) is 0 Å². The third-order valence-corrected chi connectivity index (χ3v) is 2.35. The summed E-state index contributed by atoms with van der Waals surface area (Å²) in [5.74, 6) is 0.728. The molecule has 1 aromatic rings. The lowest BCUT2D eigenvalue weighted by atomic mass is 9.97. The van der Waals surface area contributed by atoms with E-state index in [0.29, 0.717) is 10.9 Å². The van der Waals surface area contributed by atoms with Crippen LogP contribution in [0, 0.1) is 5.92 Å². The molecule has 0 saturated heterocycles. The molecule has 0 aliphatic rings. The molecule has 3 N–H and O–H groups in total. The van der Waals surface area contributed by atoms with E-state index in [2.05, 4.69) is 13.8 Å². The minimum absolute atomic E-state index is 0. The van der Waals surface area contributed by atoms with Crippen LogP contribution in [0.2, 0.25) is 5.02 Å². The van der Waals surface area contributed by atoms with Gasteiger partial charge in [0.15, 0.2) is 0 Å². The Morgan fingerprint density at radius 1 is 1.40 bits per heavy atom. The Labute approximate surface area is 102 Å². The number of halogens is 2. The third-order valence-electron chi connectivity index (χ3n) is 2.11. The molecule has 0 aromatic heterocycles. The van der Waals surface area contributed by atoms with Crippen molar-refractivity contribution in [3.8, 4) is 5.75 Å². The first-order valence-corrected chi connectivity index (χ1v) is 5.12. The SMILES string of the molecule is CC(C)C[C@H](N)c1cc(Cl)ccc1O.Cl. The Hall–Kier alpha value is -0.440. The maximum atomic E-state index is 9.58. The number of nitrogens with two attached hydrogens (primary N) is 1. The number of rotatable bonds is 3. The number of phenolic OH excluding ortho intramolecular Hbond substituents is 1. The number of benzene rings is 1. The van der Waals surface area contributed by atoms with Crippen LogP contribution in [0.3, 0.4) is 0 Å². The van der Waals surface area contributed by atoms with Crippen LogP contribution in [0.1, 0.15) is 31.9 Å². The molecule has 0 fully saturated rings. The molecule has 2 nitrogen and oxygen atoms in total. The van der Waals surface area contributed by atoms with Crippen molar-refractivity contribution in [1.29, 1.82) is 0 Å². The Kier molecular flexibility index (Phi) is 6.03. The summed E-state index contributed by atoms with van der Waals surface area (Å²) in [5, 5.41) is 10.2. The number of hydrogen-bond acceptors (Lipinski definition) is 2. The maximum Gasteiger partial charge on any atom is 0.120 e. The van der Waals surface area contributed by atoms with Crippen molar-refractivity contribution in [3.63, 3.8) is 0 Å². The van der Waals surface area contributed by atoms with Crippen molar-refractivity contribution in [2.24, 2.45) is 11.7 Å². The van der Waals surface area contributed by atoms with E-state index in [1.54, 1.807) is 18.2 Å². The fourth-order valence-electron chi connectivity index (χ4n) is 1.46. The summed E-state index contributed by atoms with van der Waals surface area (Å²) in [6.07, 6.45) is 0.841. The summed E-state index contributed by atoms with van der Waals surface area (Å²) in [5.41, 5.74) is 6.67. The van der Waals surface area contributed by atoms with Gasteiger partial charge in [-0.3, -0.25) is 0 Å². The standard InChI is InChI=1S/C11H16ClNO.ClH/c1-7(2)5-10(13)9-6-8(12)3-4-11(9)14;/h3-4,6-7,10,14H,5,13H2,1-2H3;1H/t10-;/m0./s1. The zero-order valence-electron chi connectivity index (χ0n) is 8.90. The molecule has 0 saturated carbocycles. The van der Waals surface area contributed by atoms with Crippen molar-refractivity contribution >= 4 is 24.0 Å². The number of hydrogen-bond donors (Lipinski definition) is 2. The van der Waals surface area contributed by atoms with Crippen LogP contribution in [-0.4, -0.2) is 5.11 Å².